The summed E-state index contributed by atoms with van der Waals surface area (Å²) in [5.74, 6) is -2.29. The van der Waals surface area contributed by atoms with Crippen LogP contribution in [-0.4, -0.2) is 35.0 Å². The van der Waals surface area contributed by atoms with Gasteiger partial charge in [0.25, 0.3) is 5.91 Å². The van der Waals surface area contributed by atoms with E-state index in [2.05, 4.69) is 4.72 Å². The third-order valence-electron chi connectivity index (χ3n) is 5.35. The zero-order chi connectivity index (χ0) is 23.2. The number of ether oxygens (including phenoxy) is 1. The fourth-order valence-electron chi connectivity index (χ4n) is 3.63. The topological polar surface area (TPSA) is 90.8 Å². The second kappa shape index (κ2) is 10.6. The van der Waals surface area contributed by atoms with Crippen molar-refractivity contribution < 1.29 is 33.0 Å². The molecule has 0 saturated carbocycles. The number of aliphatic hydroxyl groups is 1. The molecule has 0 radical (unpaired) electrons. The average molecular weight is 471 g/mol. The van der Waals surface area contributed by atoms with E-state index in [1.165, 1.54) is 30.2 Å². The van der Waals surface area contributed by atoms with Gasteiger partial charge in [0.2, 0.25) is 0 Å². The van der Waals surface area contributed by atoms with E-state index >= 15 is 0 Å². The molecule has 1 aliphatic carbocycles. The van der Waals surface area contributed by atoms with Gasteiger partial charge in [-0.15, -0.1) is 0 Å². The minimum Gasteiger partial charge on any atom is -0.490 e. The third-order valence-corrected chi connectivity index (χ3v) is 6.28. The van der Waals surface area contributed by atoms with Gasteiger partial charge < -0.3 is 9.84 Å². The smallest absolute Gasteiger partial charge is 0.398 e. The number of amides is 1. The molecule has 0 fully saturated rings. The van der Waals surface area contributed by atoms with Crippen molar-refractivity contribution in [2.75, 3.05) is 6.54 Å². The number of carbonyl (C=O) groups excluding carboxylic acids is 1. The number of rotatable bonds is 3. The standard InChI is InChI=1S/C22H25F3N2O4S/c23-22(24,25)15-5-3-6-16(11-10-15)31-17-7-4-13-21(29,20(28)27-30)18-8-1-2-9-19(18)32-26-14-12-17/h1-3,5-6,8-11,15,17,26,29-30H,4,7,12-14H2,(H,27,28). The summed E-state index contributed by atoms with van der Waals surface area (Å²) >= 11 is 1.25. The number of benzene rings is 1. The predicted octanol–water partition coefficient (Wildman–Crippen LogP) is 4.12. The van der Waals surface area contributed by atoms with E-state index in [-0.39, 0.29) is 12.5 Å². The first-order valence-corrected chi connectivity index (χ1v) is 11.0. The Morgan fingerprint density at radius 1 is 1.25 bits per heavy atom. The number of halogens is 3. The number of nitrogens with one attached hydrogen (secondary N) is 2. The number of hydrogen-bond acceptors (Lipinski definition) is 6. The Balaban J connectivity index is 1.74. The molecule has 1 aromatic carbocycles. The molecule has 4 N–H and O–H groups in total. The molecular formula is C22H25F3N2O4S. The number of alkyl halides is 3. The first-order chi connectivity index (χ1) is 15.2. The van der Waals surface area contributed by atoms with Gasteiger partial charge in [0.1, 0.15) is 5.76 Å². The molecule has 3 rings (SSSR count). The highest BCUT2D eigenvalue weighted by Crippen LogP contribution is 2.36. The Morgan fingerprint density at radius 2 is 2.03 bits per heavy atom. The molecular weight excluding hydrogens is 445 g/mol. The molecule has 1 heterocycles. The molecule has 2 aliphatic rings. The summed E-state index contributed by atoms with van der Waals surface area (Å²) in [6, 6.07) is 6.88. The molecule has 1 amide bonds. The van der Waals surface area contributed by atoms with Crippen LogP contribution in [0.5, 0.6) is 0 Å². The van der Waals surface area contributed by atoms with Crippen LogP contribution in [0.3, 0.4) is 0 Å². The lowest BCUT2D eigenvalue weighted by atomic mass is 9.87. The van der Waals surface area contributed by atoms with Crippen LogP contribution < -0.4 is 10.2 Å². The number of allylic oxidation sites excluding steroid dienone is 5. The van der Waals surface area contributed by atoms with Crippen LogP contribution in [0.15, 0.2) is 65.3 Å². The average Bonchev–Trinajstić information content (AvgIpc) is 3.02. The molecule has 10 heteroatoms. The summed E-state index contributed by atoms with van der Waals surface area (Å²) in [7, 11) is 0. The molecule has 0 spiro atoms. The Morgan fingerprint density at radius 3 is 2.78 bits per heavy atom. The van der Waals surface area contributed by atoms with E-state index in [0.717, 1.165) is 12.2 Å². The van der Waals surface area contributed by atoms with Crippen molar-refractivity contribution in [3.05, 3.63) is 66.0 Å². The van der Waals surface area contributed by atoms with Crippen molar-refractivity contribution in [2.45, 2.75) is 48.5 Å². The number of hydroxylamine groups is 1. The van der Waals surface area contributed by atoms with E-state index in [4.69, 9.17) is 4.74 Å². The summed E-state index contributed by atoms with van der Waals surface area (Å²) in [5.41, 5.74) is -0.0209. The van der Waals surface area contributed by atoms with Gasteiger partial charge in [-0.1, -0.05) is 36.4 Å². The maximum Gasteiger partial charge on any atom is 0.398 e. The lowest BCUT2D eigenvalue weighted by molar-refractivity contribution is -0.151. The fourth-order valence-corrected chi connectivity index (χ4v) is 4.50. The Bertz CT molecular complexity index is 903. The molecule has 3 atom stereocenters. The van der Waals surface area contributed by atoms with Crippen LogP contribution in [-0.2, 0) is 15.1 Å². The summed E-state index contributed by atoms with van der Waals surface area (Å²) in [6.45, 7) is 0.534. The quantitative estimate of drug-likeness (QED) is 0.302. The highest BCUT2D eigenvalue weighted by Gasteiger charge is 2.40. The van der Waals surface area contributed by atoms with E-state index in [9.17, 15) is 28.3 Å². The first kappa shape index (κ1) is 24.4. The van der Waals surface area contributed by atoms with Crippen molar-refractivity contribution in [2.24, 2.45) is 5.92 Å². The summed E-state index contributed by atoms with van der Waals surface area (Å²) in [4.78, 5) is 13.0. The molecule has 0 aromatic heterocycles. The number of hydrogen-bond donors (Lipinski definition) is 4. The second-order valence-corrected chi connectivity index (χ2v) is 8.53. The van der Waals surface area contributed by atoms with Crippen LogP contribution in [0.1, 0.15) is 31.2 Å². The van der Waals surface area contributed by atoms with Gasteiger partial charge in [0, 0.05) is 17.0 Å². The van der Waals surface area contributed by atoms with E-state index in [0.29, 0.717) is 42.0 Å². The predicted molar refractivity (Wildman–Crippen MR) is 113 cm³/mol. The molecule has 6 nitrogen and oxygen atoms in total. The van der Waals surface area contributed by atoms with Gasteiger partial charge in [-0.2, -0.15) is 13.2 Å². The maximum atomic E-state index is 13.0. The monoisotopic (exact) mass is 470 g/mol. The maximum absolute atomic E-state index is 13.0. The minimum absolute atomic E-state index is 0.0295. The van der Waals surface area contributed by atoms with Gasteiger partial charge >= 0.3 is 6.18 Å². The largest absolute Gasteiger partial charge is 0.490 e. The molecule has 1 aromatic rings. The summed E-state index contributed by atoms with van der Waals surface area (Å²) < 4.78 is 48.0. The summed E-state index contributed by atoms with van der Waals surface area (Å²) in [6.07, 6.45) is 2.96. The van der Waals surface area contributed by atoms with Crippen LogP contribution >= 0.6 is 11.9 Å². The Hall–Kier alpha value is -2.27. The lowest BCUT2D eigenvalue weighted by Gasteiger charge is -2.28. The molecule has 1 aliphatic heterocycles. The van der Waals surface area contributed by atoms with Crippen LogP contribution in [0.25, 0.3) is 0 Å². The van der Waals surface area contributed by atoms with Gasteiger partial charge in [-0.25, -0.2) is 5.48 Å². The van der Waals surface area contributed by atoms with Gasteiger partial charge in [0.05, 0.1) is 12.0 Å². The molecule has 0 bridgehead atoms. The van der Waals surface area contributed by atoms with E-state index in [1.54, 1.807) is 29.7 Å². The molecule has 32 heavy (non-hydrogen) atoms. The van der Waals surface area contributed by atoms with E-state index in [1.807, 2.05) is 0 Å². The number of fused-ring (bicyclic) bond motifs is 1. The van der Waals surface area contributed by atoms with Gasteiger partial charge in [0.15, 0.2) is 5.60 Å². The fraction of sp³-hybridized carbons (Fsp3) is 0.409. The van der Waals surface area contributed by atoms with Crippen LogP contribution in [0.4, 0.5) is 13.2 Å². The lowest BCUT2D eigenvalue weighted by Crippen LogP contribution is -2.43. The van der Waals surface area contributed by atoms with Gasteiger partial charge in [-0.3, -0.25) is 14.7 Å². The molecule has 0 saturated heterocycles. The zero-order valence-corrected chi connectivity index (χ0v) is 18.0. The van der Waals surface area contributed by atoms with Crippen molar-refractivity contribution in [3.63, 3.8) is 0 Å². The molecule has 174 valence electrons. The van der Waals surface area contributed by atoms with Crippen LogP contribution in [0.2, 0.25) is 0 Å². The highest BCUT2D eigenvalue weighted by molar-refractivity contribution is 7.97. The zero-order valence-electron chi connectivity index (χ0n) is 17.1. The van der Waals surface area contributed by atoms with Crippen molar-refractivity contribution in [1.29, 1.82) is 0 Å². The second-order valence-electron chi connectivity index (χ2n) is 7.59. The SMILES string of the molecule is O=C(NO)C1(O)CCCC(OC2=CC=CC(C(F)(F)F)C=C2)CCNSc2ccccc21. The highest BCUT2D eigenvalue weighted by atomic mass is 32.2. The van der Waals surface area contributed by atoms with Crippen molar-refractivity contribution >= 4 is 17.9 Å². The first-order valence-electron chi connectivity index (χ1n) is 10.2. The van der Waals surface area contributed by atoms with E-state index < -0.39 is 23.6 Å². The summed E-state index contributed by atoms with van der Waals surface area (Å²) in [5, 5.41) is 20.4. The molecule has 3 unspecified atom stereocenters. The van der Waals surface area contributed by atoms with Crippen LogP contribution in [0, 0.1) is 5.92 Å². The minimum atomic E-state index is -4.36. The Kier molecular flexibility index (Phi) is 8.05. The number of carbonyl (C=O) groups is 1. The van der Waals surface area contributed by atoms with Crippen molar-refractivity contribution in [3.8, 4) is 0 Å². The third kappa shape index (κ3) is 5.94. The van der Waals surface area contributed by atoms with Crippen molar-refractivity contribution in [1.82, 2.24) is 10.2 Å². The normalized spacial score (nSPS) is 26.8. The Labute approximate surface area is 188 Å². The van der Waals surface area contributed by atoms with Gasteiger partial charge in [-0.05, 0) is 55.8 Å².